The van der Waals surface area contributed by atoms with E-state index in [1.54, 1.807) is 0 Å². The van der Waals surface area contributed by atoms with Crippen molar-refractivity contribution in [3.63, 3.8) is 0 Å². The van der Waals surface area contributed by atoms with Gasteiger partial charge in [-0.15, -0.1) is 0 Å². The molecule has 1 aromatic carbocycles. The van der Waals surface area contributed by atoms with Gasteiger partial charge < -0.3 is 9.47 Å². The molecule has 0 spiro atoms. The van der Waals surface area contributed by atoms with Crippen molar-refractivity contribution >= 4 is 11.8 Å². The molecule has 0 radical (unpaired) electrons. The fraction of sp³-hybridized carbons (Fsp3) is 0.680. The minimum atomic E-state index is -0.159. The summed E-state index contributed by atoms with van der Waals surface area (Å²) < 4.78 is 11.0. The van der Waals surface area contributed by atoms with E-state index < -0.39 is 0 Å². The van der Waals surface area contributed by atoms with Gasteiger partial charge in [0, 0.05) is 31.5 Å². The molecule has 2 saturated carbocycles. The smallest absolute Gasteiger partial charge is 0.312 e. The van der Waals surface area contributed by atoms with Gasteiger partial charge in [0.15, 0.2) is 0 Å². The van der Waals surface area contributed by atoms with E-state index in [2.05, 4.69) is 24.0 Å². The van der Waals surface area contributed by atoms with Gasteiger partial charge in [-0.25, -0.2) is 0 Å². The molecule has 1 aromatic rings. The van der Waals surface area contributed by atoms with Crippen LogP contribution in [-0.4, -0.2) is 49.5 Å². The molecule has 0 aromatic heterocycles. The van der Waals surface area contributed by atoms with Crippen molar-refractivity contribution < 1.29 is 19.1 Å². The summed E-state index contributed by atoms with van der Waals surface area (Å²) in [4.78, 5) is 27.1. The summed E-state index contributed by atoms with van der Waals surface area (Å²) in [6.07, 6.45) is 6.57. The molecule has 0 N–H and O–H groups in total. The van der Waals surface area contributed by atoms with E-state index >= 15 is 0 Å². The number of hydrogen-bond acceptors (Lipinski definition) is 5. The SMILES string of the molecule is C[C@]12CCC3c4ccc(OC(=O)CCN5CCOCC5)cc4CCC3C1CCC2=O. The molecule has 1 heterocycles. The molecule has 0 bridgehead atoms. The van der Waals surface area contributed by atoms with E-state index in [1.165, 1.54) is 11.1 Å². The molecule has 3 fully saturated rings. The number of ether oxygens (including phenoxy) is 2. The van der Waals surface area contributed by atoms with E-state index in [0.717, 1.165) is 71.4 Å². The second-order valence-corrected chi connectivity index (χ2v) is 9.87. The Labute approximate surface area is 179 Å². The zero-order valence-electron chi connectivity index (χ0n) is 18.0. The van der Waals surface area contributed by atoms with Gasteiger partial charge in [0.25, 0.3) is 0 Å². The van der Waals surface area contributed by atoms with Crippen LogP contribution in [0.3, 0.4) is 0 Å². The summed E-state index contributed by atoms with van der Waals surface area (Å²) in [6.45, 7) is 6.22. The third kappa shape index (κ3) is 3.60. The lowest BCUT2D eigenvalue weighted by Crippen LogP contribution is -2.42. The number of morpholine rings is 1. The highest BCUT2D eigenvalue weighted by Crippen LogP contribution is 2.59. The lowest BCUT2D eigenvalue weighted by molar-refractivity contribution is -0.135. The number of hydrogen-bond donors (Lipinski definition) is 0. The summed E-state index contributed by atoms with van der Waals surface area (Å²) in [7, 11) is 0. The number of nitrogens with zero attached hydrogens (tertiary/aromatic N) is 1. The summed E-state index contributed by atoms with van der Waals surface area (Å²) in [5.41, 5.74) is 2.69. The van der Waals surface area contributed by atoms with Crippen molar-refractivity contribution in [2.75, 3.05) is 32.8 Å². The normalized spacial score (nSPS) is 33.5. The Morgan fingerprint density at radius 1 is 1.20 bits per heavy atom. The van der Waals surface area contributed by atoms with Crippen molar-refractivity contribution in [3.05, 3.63) is 29.3 Å². The number of carbonyl (C=O) groups excluding carboxylic acids is 2. The number of fused-ring (bicyclic) bond motifs is 5. The first kappa shape index (κ1) is 20.2. The fourth-order valence-corrected chi connectivity index (χ4v) is 6.65. The van der Waals surface area contributed by atoms with Crippen molar-refractivity contribution in [3.8, 4) is 5.75 Å². The molecule has 3 aliphatic carbocycles. The summed E-state index contributed by atoms with van der Waals surface area (Å²) in [6, 6.07) is 6.25. The highest BCUT2D eigenvalue weighted by Gasteiger charge is 2.54. The summed E-state index contributed by atoms with van der Waals surface area (Å²) in [5, 5.41) is 0. The Morgan fingerprint density at radius 2 is 2.03 bits per heavy atom. The van der Waals surface area contributed by atoms with Gasteiger partial charge in [0.05, 0.1) is 19.6 Å². The van der Waals surface area contributed by atoms with E-state index in [1.807, 2.05) is 6.07 Å². The fourth-order valence-electron chi connectivity index (χ4n) is 6.65. The van der Waals surface area contributed by atoms with Crippen LogP contribution in [0.1, 0.15) is 62.5 Å². The van der Waals surface area contributed by atoms with Gasteiger partial charge in [0.2, 0.25) is 0 Å². The van der Waals surface area contributed by atoms with Crippen molar-refractivity contribution in [1.82, 2.24) is 4.90 Å². The van der Waals surface area contributed by atoms with Crippen molar-refractivity contribution in [1.29, 1.82) is 0 Å². The summed E-state index contributed by atoms with van der Waals surface area (Å²) in [5.74, 6) is 2.75. The number of Topliss-reactive ketones (excluding diaryl/α,β-unsaturated/α-hetero) is 1. The predicted octanol–water partition coefficient (Wildman–Crippen LogP) is 3.74. The first-order valence-electron chi connectivity index (χ1n) is 11.7. The third-order valence-electron chi connectivity index (χ3n) is 8.37. The van der Waals surface area contributed by atoms with Crippen molar-refractivity contribution in [2.45, 2.75) is 57.8 Å². The Balaban J connectivity index is 1.23. The second kappa shape index (κ2) is 8.08. The first-order valence-corrected chi connectivity index (χ1v) is 11.7. The van der Waals surface area contributed by atoms with E-state index in [-0.39, 0.29) is 11.4 Å². The molecule has 1 aliphatic heterocycles. The van der Waals surface area contributed by atoms with Crippen LogP contribution in [0.4, 0.5) is 0 Å². The zero-order valence-corrected chi connectivity index (χ0v) is 18.0. The zero-order chi connectivity index (χ0) is 20.7. The highest BCUT2D eigenvalue weighted by atomic mass is 16.5. The number of carbonyl (C=O) groups is 2. The lowest BCUT2D eigenvalue weighted by atomic mass is 9.55. The van der Waals surface area contributed by atoms with Crippen LogP contribution in [0.5, 0.6) is 5.75 Å². The van der Waals surface area contributed by atoms with E-state index in [4.69, 9.17) is 9.47 Å². The van der Waals surface area contributed by atoms with Gasteiger partial charge in [-0.3, -0.25) is 14.5 Å². The standard InChI is InChI=1S/C25H33NO4/c1-25-10-8-20-19-5-3-18(30-24(28)9-11-26-12-14-29-15-13-26)16-17(19)2-4-21(20)22(25)6-7-23(25)27/h3,5,16,20-22H,2,4,6-15H2,1H3/t20?,21?,22?,25-/m0/s1. The molecule has 0 amide bonds. The van der Waals surface area contributed by atoms with Gasteiger partial charge in [0.1, 0.15) is 11.5 Å². The van der Waals surface area contributed by atoms with E-state index in [0.29, 0.717) is 35.7 Å². The number of benzene rings is 1. The molecule has 30 heavy (non-hydrogen) atoms. The van der Waals surface area contributed by atoms with Crippen molar-refractivity contribution in [2.24, 2.45) is 17.3 Å². The van der Waals surface area contributed by atoms with Crippen LogP contribution in [0.25, 0.3) is 0 Å². The maximum Gasteiger partial charge on any atom is 0.312 e. The average molecular weight is 412 g/mol. The van der Waals surface area contributed by atoms with E-state index in [9.17, 15) is 9.59 Å². The molecule has 5 rings (SSSR count). The van der Waals surface area contributed by atoms with Crippen LogP contribution in [-0.2, 0) is 20.7 Å². The van der Waals surface area contributed by atoms with Crippen LogP contribution >= 0.6 is 0 Å². The monoisotopic (exact) mass is 411 g/mol. The first-order chi connectivity index (χ1) is 14.5. The molecule has 4 atom stereocenters. The van der Waals surface area contributed by atoms with Gasteiger partial charge in [-0.2, -0.15) is 0 Å². The molecular weight excluding hydrogens is 378 g/mol. The molecule has 5 heteroatoms. The summed E-state index contributed by atoms with van der Waals surface area (Å²) >= 11 is 0. The number of ketones is 1. The maximum absolute atomic E-state index is 12.5. The molecule has 1 saturated heterocycles. The molecule has 4 aliphatic rings. The number of esters is 1. The number of aryl methyl sites for hydroxylation is 1. The molecule has 162 valence electrons. The van der Waals surface area contributed by atoms with Gasteiger partial charge in [-0.05, 0) is 73.1 Å². The average Bonchev–Trinajstić information content (AvgIpc) is 3.07. The van der Waals surface area contributed by atoms with Crippen LogP contribution < -0.4 is 4.74 Å². The Kier molecular flexibility index (Phi) is 5.44. The lowest BCUT2D eigenvalue weighted by Gasteiger charge is -2.48. The third-order valence-corrected chi connectivity index (χ3v) is 8.37. The second-order valence-electron chi connectivity index (χ2n) is 9.87. The molecule has 3 unspecified atom stereocenters. The van der Waals surface area contributed by atoms with Crippen LogP contribution in [0.2, 0.25) is 0 Å². The largest absolute Gasteiger partial charge is 0.426 e. The maximum atomic E-state index is 12.5. The minimum absolute atomic E-state index is 0.0748. The van der Waals surface area contributed by atoms with Crippen LogP contribution in [0.15, 0.2) is 18.2 Å². The van der Waals surface area contributed by atoms with Gasteiger partial charge in [-0.1, -0.05) is 13.0 Å². The topological polar surface area (TPSA) is 55.8 Å². The Morgan fingerprint density at radius 3 is 2.87 bits per heavy atom. The molecule has 5 nitrogen and oxygen atoms in total. The minimum Gasteiger partial charge on any atom is -0.426 e. The van der Waals surface area contributed by atoms with Gasteiger partial charge >= 0.3 is 5.97 Å². The number of rotatable bonds is 4. The Bertz CT molecular complexity index is 830. The predicted molar refractivity (Wildman–Crippen MR) is 114 cm³/mol. The molecular formula is C25H33NO4. The quantitative estimate of drug-likeness (QED) is 0.558. The van der Waals surface area contributed by atoms with Crippen LogP contribution in [0, 0.1) is 17.3 Å². The highest BCUT2D eigenvalue weighted by molar-refractivity contribution is 5.87. The Hall–Kier alpha value is -1.72.